The van der Waals surface area contributed by atoms with Crippen molar-refractivity contribution in [2.75, 3.05) is 13.2 Å². The van der Waals surface area contributed by atoms with Crippen LogP contribution in [-0.4, -0.2) is 24.0 Å². The Balaban J connectivity index is 1.83. The minimum atomic E-state index is 0.0212. The van der Waals surface area contributed by atoms with E-state index in [0.29, 0.717) is 25.4 Å². The molecule has 1 atom stereocenters. The van der Waals surface area contributed by atoms with Gasteiger partial charge in [0.1, 0.15) is 5.78 Å². The lowest BCUT2D eigenvalue weighted by atomic mass is 9.92. The van der Waals surface area contributed by atoms with Crippen molar-refractivity contribution < 1.29 is 9.53 Å². The predicted octanol–water partition coefficient (Wildman–Crippen LogP) is 2.38. The largest absolute Gasteiger partial charge is 0.380 e. The van der Waals surface area contributed by atoms with E-state index in [4.69, 9.17) is 4.74 Å². The number of fused-ring (bicyclic) bond motifs is 1. The molecule has 2 heterocycles. The summed E-state index contributed by atoms with van der Waals surface area (Å²) in [6, 6.07) is 10.2. The first-order valence-electron chi connectivity index (χ1n) is 6.27. The van der Waals surface area contributed by atoms with Crippen molar-refractivity contribution in [1.82, 2.24) is 4.98 Å². The standard InChI is InChI=1S/C15H15NO2/c17-15-5-7-18-10-13(15)9-11-3-4-14-12(8-11)2-1-6-16-14/h1-4,6,8,13H,5,7,9-10H2. The van der Waals surface area contributed by atoms with Gasteiger partial charge in [0.2, 0.25) is 0 Å². The second-order valence-corrected chi connectivity index (χ2v) is 4.72. The third-order valence-electron chi connectivity index (χ3n) is 3.42. The van der Waals surface area contributed by atoms with Crippen molar-refractivity contribution in [1.29, 1.82) is 0 Å². The molecule has 0 bridgehead atoms. The molecule has 0 aliphatic carbocycles. The van der Waals surface area contributed by atoms with Crippen molar-refractivity contribution >= 4 is 16.7 Å². The highest BCUT2D eigenvalue weighted by atomic mass is 16.5. The lowest BCUT2D eigenvalue weighted by Crippen LogP contribution is -2.29. The predicted molar refractivity (Wildman–Crippen MR) is 69.4 cm³/mol. The Morgan fingerprint density at radius 3 is 3.17 bits per heavy atom. The van der Waals surface area contributed by atoms with Crippen LogP contribution in [0.1, 0.15) is 12.0 Å². The Hall–Kier alpha value is -1.74. The second kappa shape index (κ2) is 4.86. The summed E-state index contributed by atoms with van der Waals surface area (Å²) in [6.07, 6.45) is 3.12. The summed E-state index contributed by atoms with van der Waals surface area (Å²) >= 11 is 0. The van der Waals surface area contributed by atoms with Crippen LogP contribution in [0.5, 0.6) is 0 Å². The molecule has 0 radical (unpaired) electrons. The normalized spacial score (nSPS) is 20.2. The minimum Gasteiger partial charge on any atom is -0.380 e. The summed E-state index contributed by atoms with van der Waals surface area (Å²) in [6.45, 7) is 1.14. The molecule has 2 aromatic rings. The first-order valence-corrected chi connectivity index (χ1v) is 6.27. The van der Waals surface area contributed by atoms with Crippen LogP contribution < -0.4 is 0 Å². The number of Topliss-reactive ketones (excluding diaryl/α,β-unsaturated/α-hetero) is 1. The van der Waals surface area contributed by atoms with Crippen molar-refractivity contribution in [3.05, 3.63) is 42.1 Å². The van der Waals surface area contributed by atoms with Crippen LogP contribution in [0.2, 0.25) is 0 Å². The molecule has 3 nitrogen and oxygen atoms in total. The number of nitrogens with zero attached hydrogens (tertiary/aromatic N) is 1. The van der Waals surface area contributed by atoms with Crippen LogP contribution in [0.4, 0.5) is 0 Å². The van der Waals surface area contributed by atoms with E-state index in [-0.39, 0.29) is 5.92 Å². The fourth-order valence-corrected chi connectivity index (χ4v) is 2.40. The minimum absolute atomic E-state index is 0.0212. The molecule has 18 heavy (non-hydrogen) atoms. The maximum atomic E-state index is 11.8. The van der Waals surface area contributed by atoms with Gasteiger partial charge in [0.25, 0.3) is 0 Å². The second-order valence-electron chi connectivity index (χ2n) is 4.72. The van der Waals surface area contributed by atoms with E-state index >= 15 is 0 Å². The SMILES string of the molecule is O=C1CCOCC1Cc1ccc2ncccc2c1. The van der Waals surface area contributed by atoms with E-state index < -0.39 is 0 Å². The monoisotopic (exact) mass is 241 g/mol. The van der Waals surface area contributed by atoms with E-state index in [2.05, 4.69) is 17.1 Å². The van der Waals surface area contributed by atoms with Crippen molar-refractivity contribution in [2.45, 2.75) is 12.8 Å². The maximum absolute atomic E-state index is 11.8. The number of benzene rings is 1. The summed E-state index contributed by atoms with van der Waals surface area (Å²) < 4.78 is 5.38. The Morgan fingerprint density at radius 1 is 1.33 bits per heavy atom. The fourth-order valence-electron chi connectivity index (χ4n) is 2.40. The van der Waals surface area contributed by atoms with E-state index in [1.54, 1.807) is 6.20 Å². The van der Waals surface area contributed by atoms with Crippen LogP contribution in [0.25, 0.3) is 10.9 Å². The molecule has 3 heteroatoms. The van der Waals surface area contributed by atoms with E-state index in [1.807, 2.05) is 18.2 Å². The quantitative estimate of drug-likeness (QED) is 0.810. The third-order valence-corrected chi connectivity index (χ3v) is 3.42. The third kappa shape index (κ3) is 2.27. The van der Waals surface area contributed by atoms with Crippen LogP contribution in [0.15, 0.2) is 36.5 Å². The fraction of sp³-hybridized carbons (Fsp3) is 0.333. The lowest BCUT2D eigenvalue weighted by molar-refractivity contribution is -0.130. The molecule has 0 N–H and O–H groups in total. The zero-order valence-electron chi connectivity index (χ0n) is 10.1. The van der Waals surface area contributed by atoms with E-state index in [1.165, 1.54) is 5.56 Å². The summed E-state index contributed by atoms with van der Waals surface area (Å²) in [4.78, 5) is 16.1. The molecule has 1 unspecified atom stereocenters. The molecule has 3 rings (SSSR count). The van der Waals surface area contributed by atoms with Gasteiger partial charge >= 0.3 is 0 Å². The Kier molecular flexibility index (Phi) is 3.07. The molecule has 1 saturated heterocycles. The summed E-state index contributed by atoms with van der Waals surface area (Å²) in [5.41, 5.74) is 2.17. The van der Waals surface area contributed by atoms with Crippen LogP contribution in [0, 0.1) is 5.92 Å². The number of hydrogen-bond acceptors (Lipinski definition) is 3. The highest BCUT2D eigenvalue weighted by molar-refractivity contribution is 5.83. The number of carbonyl (C=O) groups is 1. The molecular weight excluding hydrogens is 226 g/mol. The maximum Gasteiger partial charge on any atom is 0.140 e. The van der Waals surface area contributed by atoms with Crippen LogP contribution in [-0.2, 0) is 16.0 Å². The zero-order valence-corrected chi connectivity index (χ0v) is 10.1. The number of aromatic nitrogens is 1. The molecule has 0 amide bonds. The summed E-state index contributed by atoms with van der Waals surface area (Å²) in [5, 5.41) is 1.12. The Labute approximate surface area is 106 Å². The molecule has 1 aliphatic heterocycles. The number of rotatable bonds is 2. The molecule has 1 aromatic heterocycles. The zero-order chi connectivity index (χ0) is 12.4. The number of ether oxygens (including phenoxy) is 1. The number of carbonyl (C=O) groups excluding carboxylic acids is 1. The van der Waals surface area contributed by atoms with Gasteiger partial charge in [0, 0.05) is 23.9 Å². The van der Waals surface area contributed by atoms with Gasteiger partial charge in [-0.15, -0.1) is 0 Å². The number of ketones is 1. The smallest absolute Gasteiger partial charge is 0.140 e. The first-order chi connectivity index (χ1) is 8.83. The van der Waals surface area contributed by atoms with Crippen LogP contribution >= 0.6 is 0 Å². The van der Waals surface area contributed by atoms with Gasteiger partial charge in [0.15, 0.2) is 0 Å². The highest BCUT2D eigenvalue weighted by Gasteiger charge is 2.22. The van der Waals surface area contributed by atoms with Gasteiger partial charge in [-0.25, -0.2) is 0 Å². The van der Waals surface area contributed by atoms with Crippen LogP contribution in [0.3, 0.4) is 0 Å². The molecular formula is C15H15NO2. The van der Waals surface area contributed by atoms with E-state index in [0.717, 1.165) is 17.3 Å². The van der Waals surface area contributed by atoms with Gasteiger partial charge in [-0.3, -0.25) is 9.78 Å². The van der Waals surface area contributed by atoms with E-state index in [9.17, 15) is 4.79 Å². The van der Waals surface area contributed by atoms with Crippen molar-refractivity contribution in [2.24, 2.45) is 5.92 Å². The first kappa shape index (κ1) is 11.4. The van der Waals surface area contributed by atoms with Gasteiger partial charge in [0.05, 0.1) is 18.7 Å². The molecule has 0 saturated carbocycles. The van der Waals surface area contributed by atoms with Gasteiger partial charge in [-0.2, -0.15) is 0 Å². The average molecular weight is 241 g/mol. The molecule has 1 fully saturated rings. The van der Waals surface area contributed by atoms with Gasteiger partial charge in [-0.05, 0) is 30.2 Å². The number of pyridine rings is 1. The summed E-state index contributed by atoms with van der Waals surface area (Å²) in [7, 11) is 0. The molecule has 0 spiro atoms. The molecule has 92 valence electrons. The molecule has 1 aliphatic rings. The van der Waals surface area contributed by atoms with Gasteiger partial charge in [-0.1, -0.05) is 12.1 Å². The number of hydrogen-bond donors (Lipinski definition) is 0. The summed E-state index contributed by atoms with van der Waals surface area (Å²) in [5.74, 6) is 0.348. The Bertz CT molecular complexity index is 579. The van der Waals surface area contributed by atoms with Crippen molar-refractivity contribution in [3.63, 3.8) is 0 Å². The lowest BCUT2D eigenvalue weighted by Gasteiger charge is -2.20. The average Bonchev–Trinajstić information content (AvgIpc) is 2.41. The van der Waals surface area contributed by atoms with Gasteiger partial charge < -0.3 is 4.74 Å². The topological polar surface area (TPSA) is 39.2 Å². The molecule has 1 aromatic carbocycles. The highest BCUT2D eigenvalue weighted by Crippen LogP contribution is 2.19. The Morgan fingerprint density at radius 2 is 2.28 bits per heavy atom. The van der Waals surface area contributed by atoms with Crippen molar-refractivity contribution in [3.8, 4) is 0 Å².